The molecule has 0 amide bonds. The largest absolute Gasteiger partial charge is 0.375 e. The van der Waals surface area contributed by atoms with Crippen molar-refractivity contribution in [2.75, 3.05) is 31.6 Å². The highest BCUT2D eigenvalue weighted by atomic mass is 15.1. The Balaban J connectivity index is 1.86. The van der Waals surface area contributed by atoms with Gasteiger partial charge in [0, 0.05) is 19.3 Å². The van der Waals surface area contributed by atoms with E-state index in [1.807, 2.05) is 18.2 Å². The highest BCUT2D eigenvalue weighted by Crippen LogP contribution is 2.19. The summed E-state index contributed by atoms with van der Waals surface area (Å²) in [5.74, 6) is 0.854. The number of hydrogen-bond donors (Lipinski definition) is 1. The van der Waals surface area contributed by atoms with Gasteiger partial charge in [-0.1, -0.05) is 6.07 Å². The maximum atomic E-state index is 8.90. The minimum absolute atomic E-state index is 0.737. The number of anilines is 1. The van der Waals surface area contributed by atoms with E-state index in [2.05, 4.69) is 29.4 Å². The molecule has 0 bridgehead atoms. The number of benzene rings is 1. The lowest BCUT2D eigenvalue weighted by Crippen LogP contribution is -2.30. The van der Waals surface area contributed by atoms with Crippen LogP contribution in [0.3, 0.4) is 0 Å². The Labute approximate surface area is 109 Å². The van der Waals surface area contributed by atoms with Crippen LogP contribution in [0.15, 0.2) is 24.3 Å². The first-order valence-electron chi connectivity index (χ1n) is 6.71. The first-order chi connectivity index (χ1) is 8.79. The Morgan fingerprint density at radius 2 is 2.17 bits per heavy atom. The molecule has 1 aromatic carbocycles. The summed E-state index contributed by atoms with van der Waals surface area (Å²) in [6.07, 6.45) is 3.84. The van der Waals surface area contributed by atoms with E-state index >= 15 is 0 Å². The van der Waals surface area contributed by atoms with Crippen LogP contribution in [0.1, 0.15) is 24.8 Å². The van der Waals surface area contributed by atoms with E-state index in [1.54, 1.807) is 0 Å². The fourth-order valence-electron chi connectivity index (χ4n) is 2.49. The lowest BCUT2D eigenvalue weighted by atomic mass is 9.94. The standard InChI is InChI=1S/C15H21N3/c1-18(10-7-13-5-8-17-9-6-13)15-4-2-3-14(11-15)12-16/h2-4,11,13,17H,5-10H2,1H3. The number of hydrogen-bond acceptors (Lipinski definition) is 3. The molecule has 0 unspecified atom stereocenters. The summed E-state index contributed by atoms with van der Waals surface area (Å²) in [5, 5.41) is 12.3. The normalized spacial score (nSPS) is 16.2. The Bertz CT molecular complexity index is 416. The molecule has 0 atom stereocenters. The average Bonchev–Trinajstić information content (AvgIpc) is 2.46. The molecule has 3 nitrogen and oxygen atoms in total. The van der Waals surface area contributed by atoms with E-state index in [4.69, 9.17) is 5.26 Å². The van der Waals surface area contributed by atoms with Gasteiger partial charge >= 0.3 is 0 Å². The molecule has 0 spiro atoms. The molecule has 1 aromatic rings. The van der Waals surface area contributed by atoms with E-state index in [0.717, 1.165) is 36.8 Å². The minimum atomic E-state index is 0.737. The van der Waals surface area contributed by atoms with Gasteiger partial charge in [0.25, 0.3) is 0 Å². The second kappa shape index (κ2) is 6.42. The SMILES string of the molecule is CN(CCC1CCNCC1)c1cccc(C#N)c1. The first kappa shape index (κ1) is 12.9. The van der Waals surface area contributed by atoms with E-state index in [0.29, 0.717) is 0 Å². The van der Waals surface area contributed by atoms with Gasteiger partial charge in [-0.3, -0.25) is 0 Å². The zero-order chi connectivity index (χ0) is 12.8. The van der Waals surface area contributed by atoms with E-state index in [1.165, 1.54) is 19.3 Å². The molecule has 1 aliphatic heterocycles. The lowest BCUT2D eigenvalue weighted by molar-refractivity contribution is 0.356. The van der Waals surface area contributed by atoms with Crippen LogP contribution in [-0.2, 0) is 0 Å². The second-order valence-electron chi connectivity index (χ2n) is 5.07. The van der Waals surface area contributed by atoms with Crippen LogP contribution in [0.2, 0.25) is 0 Å². The highest BCUT2D eigenvalue weighted by molar-refractivity contribution is 5.50. The van der Waals surface area contributed by atoms with Crippen LogP contribution in [0.4, 0.5) is 5.69 Å². The first-order valence-corrected chi connectivity index (χ1v) is 6.71. The van der Waals surface area contributed by atoms with Crippen molar-refractivity contribution in [3.63, 3.8) is 0 Å². The molecular formula is C15H21N3. The van der Waals surface area contributed by atoms with E-state index < -0.39 is 0 Å². The van der Waals surface area contributed by atoms with Gasteiger partial charge in [-0.2, -0.15) is 5.26 Å². The molecule has 1 saturated heterocycles. The topological polar surface area (TPSA) is 39.1 Å². The number of rotatable bonds is 4. The molecule has 0 saturated carbocycles. The molecule has 1 aliphatic rings. The third-order valence-corrected chi connectivity index (χ3v) is 3.75. The average molecular weight is 243 g/mol. The molecule has 3 heteroatoms. The number of nitrogens with one attached hydrogen (secondary N) is 1. The second-order valence-corrected chi connectivity index (χ2v) is 5.07. The summed E-state index contributed by atoms with van der Waals surface area (Å²) >= 11 is 0. The lowest BCUT2D eigenvalue weighted by Gasteiger charge is -2.26. The Hall–Kier alpha value is -1.53. The Kier molecular flexibility index (Phi) is 4.60. The van der Waals surface area contributed by atoms with Crippen molar-refractivity contribution < 1.29 is 0 Å². The minimum Gasteiger partial charge on any atom is -0.375 e. The van der Waals surface area contributed by atoms with Crippen LogP contribution >= 0.6 is 0 Å². The van der Waals surface area contributed by atoms with Gasteiger partial charge in [0.05, 0.1) is 11.6 Å². The van der Waals surface area contributed by atoms with Gasteiger partial charge in [-0.05, 0) is 56.5 Å². The zero-order valence-electron chi connectivity index (χ0n) is 11.0. The molecule has 96 valence electrons. The predicted molar refractivity (Wildman–Crippen MR) is 74.6 cm³/mol. The van der Waals surface area contributed by atoms with Crippen molar-refractivity contribution in [1.29, 1.82) is 5.26 Å². The fraction of sp³-hybridized carbons (Fsp3) is 0.533. The maximum absolute atomic E-state index is 8.90. The van der Waals surface area contributed by atoms with Gasteiger partial charge in [-0.15, -0.1) is 0 Å². The molecule has 1 N–H and O–H groups in total. The monoisotopic (exact) mass is 243 g/mol. The van der Waals surface area contributed by atoms with Crippen molar-refractivity contribution in [3.05, 3.63) is 29.8 Å². The molecule has 1 fully saturated rings. The highest BCUT2D eigenvalue weighted by Gasteiger charge is 2.13. The quantitative estimate of drug-likeness (QED) is 0.882. The van der Waals surface area contributed by atoms with Gasteiger partial charge in [0.15, 0.2) is 0 Å². The van der Waals surface area contributed by atoms with Crippen molar-refractivity contribution in [2.24, 2.45) is 5.92 Å². The van der Waals surface area contributed by atoms with Gasteiger partial charge in [-0.25, -0.2) is 0 Å². The third-order valence-electron chi connectivity index (χ3n) is 3.75. The molecule has 0 aromatic heterocycles. The fourth-order valence-corrected chi connectivity index (χ4v) is 2.49. The van der Waals surface area contributed by atoms with Crippen LogP contribution in [0.25, 0.3) is 0 Å². The summed E-state index contributed by atoms with van der Waals surface area (Å²) in [6.45, 7) is 3.40. The van der Waals surface area contributed by atoms with E-state index in [-0.39, 0.29) is 0 Å². The summed E-state index contributed by atoms with van der Waals surface area (Å²) in [7, 11) is 2.11. The van der Waals surface area contributed by atoms with Crippen LogP contribution < -0.4 is 10.2 Å². The number of nitriles is 1. The van der Waals surface area contributed by atoms with Crippen LogP contribution in [0, 0.1) is 17.2 Å². The Morgan fingerprint density at radius 1 is 1.39 bits per heavy atom. The predicted octanol–water partition coefficient (Wildman–Crippen LogP) is 2.38. The molecule has 0 radical (unpaired) electrons. The number of piperidine rings is 1. The Morgan fingerprint density at radius 3 is 2.89 bits per heavy atom. The molecule has 2 rings (SSSR count). The third kappa shape index (κ3) is 3.48. The molecule has 0 aliphatic carbocycles. The van der Waals surface area contributed by atoms with Gasteiger partial charge in [0.1, 0.15) is 0 Å². The van der Waals surface area contributed by atoms with Gasteiger partial charge < -0.3 is 10.2 Å². The zero-order valence-corrected chi connectivity index (χ0v) is 11.0. The van der Waals surface area contributed by atoms with Crippen molar-refractivity contribution >= 4 is 5.69 Å². The number of nitrogens with zero attached hydrogens (tertiary/aromatic N) is 2. The summed E-state index contributed by atoms with van der Waals surface area (Å²) < 4.78 is 0. The van der Waals surface area contributed by atoms with Crippen LogP contribution in [0.5, 0.6) is 0 Å². The molecule has 18 heavy (non-hydrogen) atoms. The van der Waals surface area contributed by atoms with Crippen LogP contribution in [-0.4, -0.2) is 26.7 Å². The van der Waals surface area contributed by atoms with Gasteiger partial charge in [0.2, 0.25) is 0 Å². The summed E-state index contributed by atoms with van der Waals surface area (Å²) in [5.41, 5.74) is 1.88. The van der Waals surface area contributed by atoms with Crippen molar-refractivity contribution in [2.45, 2.75) is 19.3 Å². The molecule has 1 heterocycles. The van der Waals surface area contributed by atoms with E-state index in [9.17, 15) is 0 Å². The summed E-state index contributed by atoms with van der Waals surface area (Å²) in [6, 6.07) is 10.0. The van der Waals surface area contributed by atoms with Crippen molar-refractivity contribution in [1.82, 2.24) is 5.32 Å². The summed E-state index contributed by atoms with van der Waals surface area (Å²) in [4.78, 5) is 2.25. The molecular weight excluding hydrogens is 222 g/mol. The smallest absolute Gasteiger partial charge is 0.0992 e. The van der Waals surface area contributed by atoms with Crippen molar-refractivity contribution in [3.8, 4) is 6.07 Å². The maximum Gasteiger partial charge on any atom is 0.0992 e.